The molecule has 2 N–H and O–H groups in total. The van der Waals surface area contributed by atoms with Gasteiger partial charge in [-0.3, -0.25) is 14.9 Å². The normalized spacial score (nSPS) is 11.0. The lowest BCUT2D eigenvalue weighted by molar-refractivity contribution is -0.384. The Morgan fingerprint density at radius 3 is 2.62 bits per heavy atom. The van der Waals surface area contributed by atoms with Crippen molar-refractivity contribution in [3.05, 3.63) is 33.9 Å². The molecule has 0 aliphatic carbocycles. The van der Waals surface area contributed by atoms with Crippen LogP contribution in [0.15, 0.2) is 18.2 Å². The van der Waals surface area contributed by atoms with Gasteiger partial charge in [0.05, 0.1) is 4.92 Å². The van der Waals surface area contributed by atoms with Crippen LogP contribution in [0.5, 0.6) is 0 Å². The van der Waals surface area contributed by atoms with E-state index in [0.717, 1.165) is 0 Å². The first-order chi connectivity index (χ1) is 9.82. The second-order valence-corrected chi connectivity index (χ2v) is 6.65. The Kier molecular flexibility index (Phi) is 6.02. The molecular formula is C14H21N3O3S. The SMILES string of the molecule is CCNc1cccc(C(=O)NCC(C)(C)SC)c1[N+](=O)[O-]. The Balaban J connectivity index is 3.04. The van der Waals surface area contributed by atoms with Gasteiger partial charge in [-0.05, 0) is 39.2 Å². The lowest BCUT2D eigenvalue weighted by atomic mass is 10.1. The van der Waals surface area contributed by atoms with Crippen LogP contribution < -0.4 is 10.6 Å². The van der Waals surface area contributed by atoms with E-state index in [4.69, 9.17) is 0 Å². The third-order valence-corrected chi connectivity index (χ3v) is 4.31. The molecule has 116 valence electrons. The van der Waals surface area contributed by atoms with Crippen LogP contribution in [0, 0.1) is 10.1 Å². The summed E-state index contributed by atoms with van der Waals surface area (Å²) in [7, 11) is 0. The van der Waals surface area contributed by atoms with Gasteiger partial charge in [-0.15, -0.1) is 0 Å². The minimum Gasteiger partial charge on any atom is -0.380 e. The Morgan fingerprint density at radius 2 is 2.10 bits per heavy atom. The minimum atomic E-state index is -0.521. The zero-order valence-corrected chi connectivity index (χ0v) is 13.5. The lowest BCUT2D eigenvalue weighted by Gasteiger charge is -2.22. The second-order valence-electron chi connectivity index (χ2n) is 5.14. The van der Waals surface area contributed by atoms with Gasteiger partial charge in [0.25, 0.3) is 5.91 Å². The minimum absolute atomic E-state index is 0.0790. The van der Waals surface area contributed by atoms with E-state index in [1.807, 2.05) is 27.0 Å². The number of anilines is 1. The Morgan fingerprint density at radius 1 is 1.43 bits per heavy atom. The number of amides is 1. The summed E-state index contributed by atoms with van der Waals surface area (Å²) in [5.41, 5.74) is 0.258. The number of nitrogens with one attached hydrogen (secondary N) is 2. The summed E-state index contributed by atoms with van der Waals surface area (Å²) in [4.78, 5) is 23.0. The third kappa shape index (κ3) is 4.63. The largest absolute Gasteiger partial charge is 0.380 e. The Hall–Kier alpha value is -1.76. The van der Waals surface area contributed by atoms with E-state index in [-0.39, 0.29) is 16.0 Å². The number of hydrogen-bond acceptors (Lipinski definition) is 5. The molecule has 0 saturated carbocycles. The van der Waals surface area contributed by atoms with Gasteiger partial charge in [0, 0.05) is 17.8 Å². The number of para-hydroxylation sites is 1. The molecule has 1 rings (SSSR count). The molecule has 0 heterocycles. The predicted octanol–water partition coefficient (Wildman–Crippen LogP) is 2.90. The van der Waals surface area contributed by atoms with Crippen molar-refractivity contribution in [3.63, 3.8) is 0 Å². The van der Waals surface area contributed by atoms with Crippen LogP contribution in [0.1, 0.15) is 31.1 Å². The van der Waals surface area contributed by atoms with Crippen molar-refractivity contribution in [1.29, 1.82) is 0 Å². The van der Waals surface area contributed by atoms with Crippen molar-refractivity contribution < 1.29 is 9.72 Å². The van der Waals surface area contributed by atoms with Crippen LogP contribution in [0.25, 0.3) is 0 Å². The van der Waals surface area contributed by atoms with Crippen LogP contribution in [0.3, 0.4) is 0 Å². The number of thioether (sulfide) groups is 1. The topological polar surface area (TPSA) is 84.3 Å². The first-order valence-corrected chi connectivity index (χ1v) is 7.89. The van der Waals surface area contributed by atoms with E-state index >= 15 is 0 Å². The van der Waals surface area contributed by atoms with Gasteiger partial charge >= 0.3 is 5.69 Å². The van der Waals surface area contributed by atoms with Crippen molar-refractivity contribution in [1.82, 2.24) is 5.32 Å². The Bertz CT molecular complexity index is 532. The molecule has 21 heavy (non-hydrogen) atoms. The highest BCUT2D eigenvalue weighted by molar-refractivity contribution is 7.99. The van der Waals surface area contributed by atoms with Gasteiger partial charge in [-0.2, -0.15) is 11.8 Å². The number of nitro benzene ring substituents is 1. The molecule has 0 unspecified atom stereocenters. The van der Waals surface area contributed by atoms with E-state index < -0.39 is 10.8 Å². The van der Waals surface area contributed by atoms with Gasteiger partial charge in [0.2, 0.25) is 0 Å². The van der Waals surface area contributed by atoms with E-state index in [0.29, 0.717) is 18.8 Å². The molecule has 0 aliphatic heterocycles. The maximum Gasteiger partial charge on any atom is 0.305 e. The molecule has 0 radical (unpaired) electrons. The van der Waals surface area contributed by atoms with Crippen LogP contribution in [0.4, 0.5) is 11.4 Å². The average molecular weight is 311 g/mol. The zero-order chi connectivity index (χ0) is 16.0. The standard InChI is InChI=1S/C14H21N3O3S/c1-5-15-11-8-6-7-10(12(11)17(19)20)13(18)16-9-14(2,3)21-4/h6-8,15H,5,9H2,1-4H3,(H,16,18). The molecule has 0 spiro atoms. The zero-order valence-electron chi connectivity index (χ0n) is 12.7. The van der Waals surface area contributed by atoms with Gasteiger partial charge in [-0.25, -0.2) is 0 Å². The van der Waals surface area contributed by atoms with Gasteiger partial charge in [-0.1, -0.05) is 6.07 Å². The number of nitrogens with zero attached hydrogens (tertiary/aromatic N) is 1. The van der Waals surface area contributed by atoms with Gasteiger partial charge in [0.1, 0.15) is 11.3 Å². The van der Waals surface area contributed by atoms with Crippen molar-refractivity contribution in [3.8, 4) is 0 Å². The molecule has 0 aliphatic rings. The van der Waals surface area contributed by atoms with E-state index in [2.05, 4.69) is 10.6 Å². The summed E-state index contributed by atoms with van der Waals surface area (Å²) in [6, 6.07) is 4.71. The highest BCUT2D eigenvalue weighted by Gasteiger charge is 2.25. The van der Waals surface area contributed by atoms with Crippen molar-refractivity contribution in [2.45, 2.75) is 25.5 Å². The molecule has 0 saturated heterocycles. The number of benzene rings is 1. The highest BCUT2D eigenvalue weighted by atomic mass is 32.2. The molecule has 0 fully saturated rings. The molecule has 1 aromatic rings. The molecule has 0 atom stereocenters. The number of nitro groups is 1. The summed E-state index contributed by atoms with van der Waals surface area (Å²) in [6.07, 6.45) is 1.96. The Labute approximate surface area is 128 Å². The van der Waals surface area contributed by atoms with E-state index in [1.54, 1.807) is 23.9 Å². The quantitative estimate of drug-likeness (QED) is 0.597. The highest BCUT2D eigenvalue weighted by Crippen LogP contribution is 2.28. The molecule has 6 nitrogen and oxygen atoms in total. The maximum atomic E-state index is 12.2. The fourth-order valence-electron chi connectivity index (χ4n) is 1.72. The number of carbonyl (C=O) groups is 1. The van der Waals surface area contributed by atoms with Crippen LogP contribution in [-0.2, 0) is 0 Å². The number of carbonyl (C=O) groups excluding carboxylic acids is 1. The predicted molar refractivity (Wildman–Crippen MR) is 87.2 cm³/mol. The van der Waals surface area contributed by atoms with Crippen molar-refractivity contribution in [2.24, 2.45) is 0 Å². The first-order valence-electron chi connectivity index (χ1n) is 6.67. The van der Waals surface area contributed by atoms with Crippen LogP contribution in [0.2, 0.25) is 0 Å². The molecular weight excluding hydrogens is 290 g/mol. The second kappa shape index (κ2) is 7.31. The summed E-state index contributed by atoms with van der Waals surface area (Å²) < 4.78 is -0.121. The van der Waals surface area contributed by atoms with E-state index in [1.165, 1.54) is 6.07 Å². The molecule has 1 aromatic carbocycles. The molecule has 1 amide bonds. The first kappa shape index (κ1) is 17.3. The number of rotatable bonds is 7. The smallest absolute Gasteiger partial charge is 0.305 e. The molecule has 0 aromatic heterocycles. The number of hydrogen-bond donors (Lipinski definition) is 2. The third-order valence-electron chi connectivity index (χ3n) is 3.06. The monoisotopic (exact) mass is 311 g/mol. The van der Waals surface area contributed by atoms with Gasteiger partial charge < -0.3 is 10.6 Å². The summed E-state index contributed by atoms with van der Waals surface area (Å²) in [6.45, 7) is 6.83. The lowest BCUT2D eigenvalue weighted by Crippen LogP contribution is -2.36. The maximum absolute atomic E-state index is 12.2. The van der Waals surface area contributed by atoms with Crippen molar-refractivity contribution >= 4 is 29.0 Å². The summed E-state index contributed by atoms with van der Waals surface area (Å²) in [5.74, 6) is -0.427. The van der Waals surface area contributed by atoms with E-state index in [9.17, 15) is 14.9 Å². The van der Waals surface area contributed by atoms with Crippen molar-refractivity contribution in [2.75, 3.05) is 24.7 Å². The van der Waals surface area contributed by atoms with Crippen LogP contribution >= 0.6 is 11.8 Å². The molecule has 0 bridgehead atoms. The van der Waals surface area contributed by atoms with Crippen LogP contribution in [-0.4, -0.2) is 34.9 Å². The molecule has 7 heteroatoms. The summed E-state index contributed by atoms with van der Waals surface area (Å²) >= 11 is 1.63. The average Bonchev–Trinajstić information content (AvgIpc) is 2.44. The fraction of sp³-hybridized carbons (Fsp3) is 0.500. The summed E-state index contributed by atoms with van der Waals surface area (Å²) in [5, 5.41) is 16.9. The van der Waals surface area contributed by atoms with Gasteiger partial charge in [0.15, 0.2) is 0 Å². The fourth-order valence-corrected chi connectivity index (χ4v) is 1.93.